The fraction of sp³-hybridized carbons (Fsp3) is 0.294. The minimum absolute atomic E-state index is 0.0819. The third-order valence-electron chi connectivity index (χ3n) is 4.14. The molecular weight excluding hydrogens is 306 g/mol. The number of fused-ring (bicyclic) bond motifs is 1. The highest BCUT2D eigenvalue weighted by Crippen LogP contribution is 2.25. The maximum atomic E-state index is 12.1. The summed E-state index contributed by atoms with van der Waals surface area (Å²) in [7, 11) is 3.28. The topological polar surface area (TPSA) is 72.6 Å². The minimum atomic E-state index is -0.461. The van der Waals surface area contributed by atoms with Gasteiger partial charge >= 0.3 is 5.97 Å². The van der Waals surface area contributed by atoms with E-state index in [0.717, 1.165) is 5.56 Å². The Labute approximate surface area is 139 Å². The molecule has 0 aliphatic rings. The fourth-order valence-corrected chi connectivity index (χ4v) is 2.56. The largest absolute Gasteiger partial charge is 0.465 e. The number of rotatable bonds is 4. The van der Waals surface area contributed by atoms with Gasteiger partial charge in [0, 0.05) is 13.1 Å². The number of aryl methyl sites for hydroxylation is 1. The molecule has 0 bridgehead atoms. The number of anilines is 1. The number of carbonyl (C=O) groups is 1. The standard InChI is InChI=1S/C17H19N5O2/c1-11(13-8-6-5-7-9-13)21(3)15-10-14(17(23)24-4)16-19-18-12(2)22(16)20-15/h5-11H,1-4H3. The summed E-state index contributed by atoms with van der Waals surface area (Å²) in [6.45, 7) is 3.87. The molecule has 7 heteroatoms. The lowest BCUT2D eigenvalue weighted by atomic mass is 10.1. The van der Waals surface area contributed by atoms with Crippen molar-refractivity contribution in [3.05, 3.63) is 53.3 Å². The first kappa shape index (κ1) is 15.9. The van der Waals surface area contributed by atoms with E-state index in [1.165, 1.54) is 7.11 Å². The van der Waals surface area contributed by atoms with Crippen molar-refractivity contribution in [2.45, 2.75) is 19.9 Å². The molecule has 0 aliphatic heterocycles. The van der Waals surface area contributed by atoms with Crippen LogP contribution in [0.3, 0.4) is 0 Å². The highest BCUT2D eigenvalue weighted by molar-refractivity contribution is 5.96. The number of aromatic nitrogens is 4. The second-order valence-electron chi connectivity index (χ2n) is 5.59. The molecule has 0 spiro atoms. The van der Waals surface area contributed by atoms with E-state index in [0.29, 0.717) is 22.9 Å². The minimum Gasteiger partial charge on any atom is -0.465 e. The summed E-state index contributed by atoms with van der Waals surface area (Å²) >= 11 is 0. The summed E-state index contributed by atoms with van der Waals surface area (Å²) in [6, 6.07) is 11.9. The molecule has 0 aliphatic carbocycles. The second-order valence-corrected chi connectivity index (χ2v) is 5.59. The van der Waals surface area contributed by atoms with Crippen molar-refractivity contribution in [1.82, 2.24) is 19.8 Å². The quantitative estimate of drug-likeness (QED) is 0.686. The van der Waals surface area contributed by atoms with Crippen molar-refractivity contribution in [3.63, 3.8) is 0 Å². The summed E-state index contributed by atoms with van der Waals surface area (Å²) in [5.41, 5.74) is 1.89. The number of nitrogens with zero attached hydrogens (tertiary/aromatic N) is 5. The molecule has 3 aromatic rings. The van der Waals surface area contributed by atoms with Gasteiger partial charge < -0.3 is 9.64 Å². The zero-order valence-corrected chi connectivity index (χ0v) is 14.1. The summed E-state index contributed by atoms with van der Waals surface area (Å²) in [5, 5.41) is 12.6. The lowest BCUT2D eigenvalue weighted by Crippen LogP contribution is -2.24. The van der Waals surface area contributed by atoms with Crippen LogP contribution < -0.4 is 4.90 Å². The van der Waals surface area contributed by atoms with Crippen molar-refractivity contribution in [3.8, 4) is 0 Å². The average Bonchev–Trinajstić information content (AvgIpc) is 3.01. The smallest absolute Gasteiger partial charge is 0.341 e. The third-order valence-corrected chi connectivity index (χ3v) is 4.14. The van der Waals surface area contributed by atoms with Gasteiger partial charge in [-0.15, -0.1) is 15.3 Å². The predicted molar refractivity (Wildman–Crippen MR) is 90.1 cm³/mol. The van der Waals surface area contributed by atoms with Crippen LogP contribution in [0.4, 0.5) is 5.82 Å². The Morgan fingerprint density at radius 1 is 1.25 bits per heavy atom. The van der Waals surface area contributed by atoms with Gasteiger partial charge in [0.15, 0.2) is 17.3 Å². The van der Waals surface area contributed by atoms with Crippen LogP contribution in [0.2, 0.25) is 0 Å². The lowest BCUT2D eigenvalue weighted by molar-refractivity contribution is 0.0602. The first-order valence-electron chi connectivity index (χ1n) is 7.62. The summed E-state index contributed by atoms with van der Waals surface area (Å²) in [4.78, 5) is 14.1. The average molecular weight is 325 g/mol. The first-order valence-corrected chi connectivity index (χ1v) is 7.62. The van der Waals surface area contributed by atoms with Gasteiger partial charge in [0.2, 0.25) is 0 Å². The van der Waals surface area contributed by atoms with Crippen LogP contribution in [0.5, 0.6) is 0 Å². The van der Waals surface area contributed by atoms with Crippen LogP contribution in [0, 0.1) is 6.92 Å². The fourth-order valence-electron chi connectivity index (χ4n) is 2.56. The Morgan fingerprint density at radius 2 is 1.96 bits per heavy atom. The number of hydrogen-bond donors (Lipinski definition) is 0. The van der Waals surface area contributed by atoms with E-state index in [9.17, 15) is 4.79 Å². The number of carbonyl (C=O) groups excluding carboxylic acids is 1. The van der Waals surface area contributed by atoms with Crippen LogP contribution in [-0.4, -0.2) is 39.9 Å². The lowest BCUT2D eigenvalue weighted by Gasteiger charge is -2.26. The molecule has 0 saturated heterocycles. The molecule has 7 nitrogen and oxygen atoms in total. The zero-order chi connectivity index (χ0) is 17.3. The van der Waals surface area contributed by atoms with Gasteiger partial charge in [0.05, 0.1) is 13.2 Å². The SMILES string of the molecule is COC(=O)c1cc(N(C)C(C)c2ccccc2)nn2c(C)nnc12. The van der Waals surface area contributed by atoms with Crippen molar-refractivity contribution < 1.29 is 9.53 Å². The number of esters is 1. The van der Waals surface area contributed by atoms with E-state index < -0.39 is 5.97 Å². The van der Waals surface area contributed by atoms with Gasteiger partial charge in [-0.3, -0.25) is 0 Å². The zero-order valence-electron chi connectivity index (χ0n) is 14.1. The Kier molecular flexibility index (Phi) is 4.16. The number of ether oxygens (including phenoxy) is 1. The van der Waals surface area contributed by atoms with E-state index >= 15 is 0 Å². The van der Waals surface area contributed by atoms with Gasteiger partial charge in [-0.1, -0.05) is 30.3 Å². The molecule has 0 N–H and O–H groups in total. The summed E-state index contributed by atoms with van der Waals surface area (Å²) < 4.78 is 6.43. The van der Waals surface area contributed by atoms with Gasteiger partial charge in [0.1, 0.15) is 5.56 Å². The van der Waals surface area contributed by atoms with Crippen LogP contribution in [0.25, 0.3) is 5.65 Å². The van der Waals surface area contributed by atoms with Crippen molar-refractivity contribution in [1.29, 1.82) is 0 Å². The van der Waals surface area contributed by atoms with Gasteiger partial charge in [-0.05, 0) is 19.4 Å². The van der Waals surface area contributed by atoms with E-state index in [-0.39, 0.29) is 6.04 Å². The summed E-state index contributed by atoms with van der Waals surface area (Å²) in [6.07, 6.45) is 0. The Balaban J connectivity index is 2.08. The molecule has 24 heavy (non-hydrogen) atoms. The summed E-state index contributed by atoms with van der Waals surface area (Å²) in [5.74, 6) is 0.789. The van der Waals surface area contributed by atoms with Crippen molar-refractivity contribution in [2.75, 3.05) is 19.1 Å². The Hall–Kier alpha value is -2.96. The molecule has 1 unspecified atom stereocenters. The normalized spacial score (nSPS) is 12.2. The monoisotopic (exact) mass is 325 g/mol. The number of benzene rings is 1. The van der Waals surface area contributed by atoms with E-state index in [1.54, 1.807) is 17.5 Å². The molecule has 2 aromatic heterocycles. The highest BCUT2D eigenvalue weighted by atomic mass is 16.5. The predicted octanol–water partition coefficient (Wildman–Crippen LogP) is 2.42. The van der Waals surface area contributed by atoms with E-state index in [2.05, 4.69) is 34.4 Å². The highest BCUT2D eigenvalue weighted by Gasteiger charge is 2.21. The molecule has 0 radical (unpaired) electrons. The van der Waals surface area contributed by atoms with Crippen LogP contribution in [0.15, 0.2) is 36.4 Å². The van der Waals surface area contributed by atoms with E-state index in [1.807, 2.05) is 30.1 Å². The molecule has 2 heterocycles. The Bertz CT molecular complexity index is 875. The molecule has 1 aromatic carbocycles. The van der Waals surface area contributed by atoms with Crippen molar-refractivity contribution in [2.24, 2.45) is 0 Å². The van der Waals surface area contributed by atoms with Gasteiger partial charge in [-0.2, -0.15) is 4.52 Å². The van der Waals surface area contributed by atoms with Crippen molar-refractivity contribution >= 4 is 17.4 Å². The molecule has 0 amide bonds. The van der Waals surface area contributed by atoms with Gasteiger partial charge in [0.25, 0.3) is 0 Å². The molecule has 0 fully saturated rings. The molecule has 1 atom stereocenters. The molecule has 124 valence electrons. The number of hydrogen-bond acceptors (Lipinski definition) is 6. The number of methoxy groups -OCH3 is 1. The third kappa shape index (κ3) is 2.68. The Morgan fingerprint density at radius 3 is 2.62 bits per heavy atom. The molecule has 3 rings (SSSR count). The van der Waals surface area contributed by atoms with Crippen LogP contribution >= 0.6 is 0 Å². The van der Waals surface area contributed by atoms with Crippen LogP contribution in [0.1, 0.15) is 34.7 Å². The maximum Gasteiger partial charge on any atom is 0.341 e. The second kappa shape index (κ2) is 6.27. The molecule has 0 saturated carbocycles. The maximum absolute atomic E-state index is 12.1. The van der Waals surface area contributed by atoms with E-state index in [4.69, 9.17) is 4.74 Å². The first-order chi connectivity index (χ1) is 11.5. The van der Waals surface area contributed by atoms with Crippen LogP contribution in [-0.2, 0) is 4.74 Å². The molecular formula is C17H19N5O2. The van der Waals surface area contributed by atoms with Gasteiger partial charge in [-0.25, -0.2) is 4.79 Å².